The number of benzene rings is 2. The second-order valence-corrected chi connectivity index (χ2v) is 8.57. The molecule has 4 nitrogen and oxygen atoms in total. The van der Waals surface area contributed by atoms with Gasteiger partial charge in [-0.15, -0.1) is 0 Å². The Morgan fingerprint density at radius 3 is 2.78 bits per heavy atom. The molecule has 6 heteroatoms. The number of allylic oxidation sites excluding steroid dienone is 1. The monoisotopic (exact) mass is 437 g/mol. The van der Waals surface area contributed by atoms with Gasteiger partial charge in [0.25, 0.3) is 0 Å². The van der Waals surface area contributed by atoms with Crippen LogP contribution in [-0.2, 0) is 0 Å². The lowest BCUT2D eigenvalue weighted by Gasteiger charge is -2.03. The first-order valence-corrected chi connectivity index (χ1v) is 10.4. The van der Waals surface area contributed by atoms with E-state index in [1.807, 2.05) is 59.3 Å². The molecule has 1 aliphatic heterocycles. The molecule has 2 aliphatic rings. The van der Waals surface area contributed by atoms with Gasteiger partial charge in [0.05, 0.1) is 16.3 Å². The number of nitrogens with zero attached hydrogens (tertiary/aromatic N) is 3. The molecule has 1 aliphatic carbocycles. The third-order valence-electron chi connectivity index (χ3n) is 4.65. The Balaban J connectivity index is 1.63. The molecule has 27 heavy (non-hydrogen) atoms. The summed E-state index contributed by atoms with van der Waals surface area (Å²) in [5, 5.41) is 10.9. The molecule has 0 atom stereocenters. The Labute approximate surface area is 169 Å². The Bertz CT molecular complexity index is 1150. The van der Waals surface area contributed by atoms with Gasteiger partial charge in [-0.2, -0.15) is 0 Å². The lowest BCUT2D eigenvalue weighted by molar-refractivity contribution is 0.413. The standard InChI is InChI=1S/C21H16BrN3OS/c22-14-6-9-18-17(11-14)13(12-23-18)10-19-20(26)25(16-7-8-16)21(27-19)24-15-4-2-1-3-5-15/h1-6,9-12,16,26H,7-8H2/b13-10+,24-21?. The van der Waals surface area contributed by atoms with Crippen LogP contribution in [0.5, 0.6) is 5.88 Å². The average Bonchev–Trinajstić information content (AvgIpc) is 3.36. The Kier molecular flexibility index (Phi) is 4.10. The third kappa shape index (κ3) is 3.19. The van der Waals surface area contributed by atoms with Crippen LogP contribution in [0.4, 0.5) is 11.4 Å². The summed E-state index contributed by atoms with van der Waals surface area (Å²) in [7, 11) is 0. The number of thiazole rings is 1. The smallest absolute Gasteiger partial charge is 0.211 e. The van der Waals surface area contributed by atoms with Gasteiger partial charge in [-0.25, -0.2) is 4.99 Å². The molecule has 0 bridgehead atoms. The predicted octanol–water partition coefficient (Wildman–Crippen LogP) is 5.84. The van der Waals surface area contributed by atoms with E-state index in [1.54, 1.807) is 0 Å². The highest BCUT2D eigenvalue weighted by molar-refractivity contribution is 9.10. The summed E-state index contributed by atoms with van der Waals surface area (Å²) in [6, 6.07) is 16.3. The van der Waals surface area contributed by atoms with Crippen molar-refractivity contribution in [2.45, 2.75) is 18.9 Å². The molecule has 3 aromatic rings. The summed E-state index contributed by atoms with van der Waals surface area (Å²) in [5.74, 6) is 0.293. The number of aliphatic imine (C=N–C) groups is 1. The molecule has 1 aromatic heterocycles. The first-order chi connectivity index (χ1) is 13.2. The largest absolute Gasteiger partial charge is 0.493 e. The van der Waals surface area contributed by atoms with Gasteiger partial charge >= 0.3 is 0 Å². The minimum atomic E-state index is 0.293. The maximum atomic E-state index is 10.9. The highest BCUT2D eigenvalue weighted by Gasteiger charge is 2.29. The van der Waals surface area contributed by atoms with E-state index in [1.165, 1.54) is 11.3 Å². The zero-order valence-electron chi connectivity index (χ0n) is 14.3. The number of rotatable bonds is 3. The third-order valence-corrected chi connectivity index (χ3v) is 6.13. The normalized spacial score (nSPS) is 17.7. The van der Waals surface area contributed by atoms with E-state index >= 15 is 0 Å². The molecule has 0 amide bonds. The van der Waals surface area contributed by atoms with Crippen LogP contribution in [0, 0.1) is 0 Å². The van der Waals surface area contributed by atoms with Crippen molar-refractivity contribution in [2.24, 2.45) is 9.98 Å². The van der Waals surface area contributed by atoms with E-state index < -0.39 is 0 Å². The van der Waals surface area contributed by atoms with E-state index in [0.29, 0.717) is 11.9 Å². The second-order valence-electron chi connectivity index (χ2n) is 6.64. The molecule has 2 aromatic carbocycles. The van der Waals surface area contributed by atoms with Gasteiger partial charge in [-0.3, -0.25) is 9.56 Å². The molecule has 0 radical (unpaired) electrons. The van der Waals surface area contributed by atoms with Crippen molar-refractivity contribution in [1.29, 1.82) is 0 Å². The van der Waals surface area contributed by atoms with Crippen molar-refractivity contribution in [1.82, 2.24) is 4.57 Å². The van der Waals surface area contributed by atoms with Crippen molar-refractivity contribution in [2.75, 3.05) is 0 Å². The average molecular weight is 438 g/mol. The number of halogens is 1. The van der Waals surface area contributed by atoms with Gasteiger partial charge in [-0.05, 0) is 49.2 Å². The predicted molar refractivity (Wildman–Crippen MR) is 114 cm³/mol. The number of fused-ring (bicyclic) bond motifs is 1. The maximum Gasteiger partial charge on any atom is 0.211 e. The number of hydrogen-bond donors (Lipinski definition) is 1. The van der Waals surface area contributed by atoms with Crippen molar-refractivity contribution in [3.63, 3.8) is 0 Å². The minimum absolute atomic E-state index is 0.293. The Morgan fingerprint density at radius 1 is 1.19 bits per heavy atom. The van der Waals surface area contributed by atoms with Crippen LogP contribution >= 0.6 is 27.3 Å². The van der Waals surface area contributed by atoms with Gasteiger partial charge in [0.2, 0.25) is 5.88 Å². The SMILES string of the molecule is Oc1c(/C=C2\C=Nc3ccc(Br)cc32)sc(=Nc2ccccc2)n1C1CC1. The molecule has 2 heterocycles. The van der Waals surface area contributed by atoms with Gasteiger partial charge in [0.1, 0.15) is 0 Å². The zero-order valence-corrected chi connectivity index (χ0v) is 16.7. The van der Waals surface area contributed by atoms with Gasteiger partial charge in [0, 0.05) is 27.9 Å². The first-order valence-electron chi connectivity index (χ1n) is 8.79. The van der Waals surface area contributed by atoms with Gasteiger partial charge in [0.15, 0.2) is 4.80 Å². The van der Waals surface area contributed by atoms with Crippen molar-refractivity contribution in [3.8, 4) is 5.88 Å². The molecule has 0 unspecified atom stereocenters. The molecule has 0 spiro atoms. The van der Waals surface area contributed by atoms with Crippen LogP contribution in [0.25, 0.3) is 11.6 Å². The van der Waals surface area contributed by atoms with E-state index in [0.717, 1.165) is 49.5 Å². The molecular formula is C21H16BrN3OS. The topological polar surface area (TPSA) is 49.9 Å². The summed E-state index contributed by atoms with van der Waals surface area (Å²) in [6.45, 7) is 0. The Hall–Kier alpha value is -2.44. The molecule has 1 fully saturated rings. The number of hydrogen-bond acceptors (Lipinski definition) is 4. The van der Waals surface area contributed by atoms with Crippen molar-refractivity contribution >= 4 is 56.5 Å². The van der Waals surface area contributed by atoms with Crippen LogP contribution in [0.2, 0.25) is 0 Å². The van der Waals surface area contributed by atoms with Gasteiger partial charge in [-0.1, -0.05) is 45.5 Å². The highest BCUT2D eigenvalue weighted by Crippen LogP contribution is 2.41. The molecular weight excluding hydrogens is 422 g/mol. The molecule has 1 saturated carbocycles. The minimum Gasteiger partial charge on any atom is -0.493 e. The summed E-state index contributed by atoms with van der Waals surface area (Å²) in [6.07, 6.45) is 6.02. The number of para-hydroxylation sites is 1. The van der Waals surface area contributed by atoms with Crippen molar-refractivity contribution < 1.29 is 5.11 Å². The molecule has 0 saturated heterocycles. The lowest BCUT2D eigenvalue weighted by atomic mass is 10.1. The van der Waals surface area contributed by atoms with E-state index in [-0.39, 0.29) is 0 Å². The molecule has 1 N–H and O–H groups in total. The molecule has 5 rings (SSSR count). The summed E-state index contributed by atoms with van der Waals surface area (Å²) in [5.41, 5.74) is 3.91. The number of aromatic nitrogens is 1. The maximum absolute atomic E-state index is 10.9. The van der Waals surface area contributed by atoms with Crippen LogP contribution in [-0.4, -0.2) is 15.9 Å². The Morgan fingerprint density at radius 2 is 2.00 bits per heavy atom. The van der Waals surface area contributed by atoms with E-state index in [2.05, 4.69) is 27.0 Å². The second kappa shape index (κ2) is 6.62. The fourth-order valence-electron chi connectivity index (χ4n) is 3.16. The first kappa shape index (κ1) is 16.7. The van der Waals surface area contributed by atoms with Crippen molar-refractivity contribution in [3.05, 3.63) is 68.2 Å². The van der Waals surface area contributed by atoms with Crippen LogP contribution in [0.15, 0.2) is 63.0 Å². The van der Waals surface area contributed by atoms with Crippen LogP contribution in [0.1, 0.15) is 29.3 Å². The fraction of sp³-hybridized carbons (Fsp3) is 0.143. The van der Waals surface area contributed by atoms with Crippen LogP contribution in [0.3, 0.4) is 0 Å². The van der Waals surface area contributed by atoms with Crippen LogP contribution < -0.4 is 4.80 Å². The lowest BCUT2D eigenvalue weighted by Crippen LogP contribution is -2.12. The molecule has 134 valence electrons. The van der Waals surface area contributed by atoms with Gasteiger partial charge < -0.3 is 5.11 Å². The summed E-state index contributed by atoms with van der Waals surface area (Å²) in [4.78, 5) is 10.9. The zero-order chi connectivity index (χ0) is 18.4. The summed E-state index contributed by atoms with van der Waals surface area (Å²) >= 11 is 5.04. The number of aromatic hydroxyl groups is 1. The summed E-state index contributed by atoms with van der Waals surface area (Å²) < 4.78 is 2.98. The van der Waals surface area contributed by atoms with E-state index in [4.69, 9.17) is 4.99 Å². The highest BCUT2D eigenvalue weighted by atomic mass is 79.9. The van der Waals surface area contributed by atoms with E-state index in [9.17, 15) is 5.11 Å². The fourth-order valence-corrected chi connectivity index (χ4v) is 4.58. The quantitative estimate of drug-likeness (QED) is 0.549.